The van der Waals surface area contributed by atoms with E-state index in [1.165, 1.54) is 111 Å². The zero-order valence-corrected chi connectivity index (χ0v) is 32.4. The second-order valence-corrected chi connectivity index (χ2v) is 16.5. The van der Waals surface area contributed by atoms with Gasteiger partial charge in [0.05, 0.1) is 43.8 Å². The Balaban J connectivity index is 1.46. The largest absolute Gasteiger partial charge is 0.404 e. The molecule has 1 atom stereocenters. The molecule has 6 aromatic rings. The third-order valence-corrected chi connectivity index (χ3v) is 13.7. The first kappa shape index (κ1) is 29.8. The summed E-state index contributed by atoms with van der Waals surface area (Å²) in [7, 11) is 0. The Labute approximate surface area is 307 Å². The van der Waals surface area contributed by atoms with Crippen molar-refractivity contribution in [2.75, 3.05) is 0 Å². The number of hydrogen-bond donors (Lipinski definition) is 0. The molecule has 12 rings (SSSR count). The summed E-state index contributed by atoms with van der Waals surface area (Å²) in [4.78, 5) is 23.2. The first-order chi connectivity index (χ1) is 25.3. The predicted molar refractivity (Wildman–Crippen MR) is 210 cm³/mol. The average Bonchev–Trinajstić information content (AvgIpc) is 3.83. The number of nitrogens with zero attached hydrogens (tertiary/aromatic N) is 8. The van der Waals surface area contributed by atoms with Gasteiger partial charge in [0.2, 0.25) is 22.6 Å². The Bertz CT molecular complexity index is 3280. The first-order valence-corrected chi connectivity index (χ1v) is 18.8. The monoisotopic (exact) mass is 692 g/mol. The van der Waals surface area contributed by atoms with Crippen LogP contribution in [-0.4, -0.2) is 41.6 Å². The molecule has 6 aliphatic heterocycles. The topological polar surface area (TPSA) is 65.3 Å². The van der Waals surface area contributed by atoms with Gasteiger partial charge in [-0.3, -0.25) is 0 Å². The van der Waals surface area contributed by atoms with Gasteiger partial charge in [-0.05, 0) is 150 Å². The summed E-state index contributed by atoms with van der Waals surface area (Å²) in [5, 5.41) is 4.68. The molecule has 4 aromatic carbocycles. The van der Waals surface area contributed by atoms with Crippen molar-refractivity contribution in [1.82, 2.24) is 9.13 Å². The summed E-state index contributed by atoms with van der Waals surface area (Å²) in [6.45, 7) is 26.9. The van der Waals surface area contributed by atoms with Crippen LogP contribution in [0.15, 0.2) is 44.2 Å². The van der Waals surface area contributed by atoms with Crippen LogP contribution in [-0.2, 0) is 5.91 Å². The zero-order valence-electron chi connectivity index (χ0n) is 32.4. The van der Waals surface area contributed by atoms with E-state index in [1.54, 1.807) is 0 Å². The minimum Gasteiger partial charge on any atom is -0.192 e. The van der Waals surface area contributed by atoms with Crippen molar-refractivity contribution >= 4 is 56.5 Å². The van der Waals surface area contributed by atoms with Gasteiger partial charge in [0.25, 0.3) is 23.3 Å². The molecule has 0 radical (unpaired) electrons. The SMILES string of the molecule is Cc1cc(C)c2c(c1C)C1=Nc3c4c(C)cc(C)c(C)c4c4n3C35n6c(c7c(C)cc(C)c(C)c7c6=NC2=[N+]13)=NC1=[N+]5C(=N4)c2c(C)cc(C)c(C)c21. The molecule has 0 saturated heterocycles. The van der Waals surface area contributed by atoms with E-state index in [9.17, 15) is 0 Å². The molecule has 6 aliphatic rings. The molecule has 0 saturated carbocycles. The molecule has 258 valence electrons. The van der Waals surface area contributed by atoms with Crippen LogP contribution in [0.5, 0.6) is 0 Å². The number of aromatic nitrogens is 2. The molecule has 1 unspecified atom stereocenters. The van der Waals surface area contributed by atoms with Crippen LogP contribution in [0.1, 0.15) is 89.0 Å². The van der Waals surface area contributed by atoms with Gasteiger partial charge in [-0.15, -0.1) is 9.15 Å². The maximum atomic E-state index is 5.79. The Morgan fingerprint density at radius 1 is 0.396 bits per heavy atom. The lowest BCUT2D eigenvalue weighted by Crippen LogP contribution is -2.71. The number of rotatable bonds is 0. The van der Waals surface area contributed by atoms with Crippen molar-refractivity contribution in [3.05, 3.63) is 124 Å². The molecule has 0 N–H and O–H groups in total. The molecule has 53 heavy (non-hydrogen) atoms. The van der Waals surface area contributed by atoms with Crippen LogP contribution < -0.4 is 11.0 Å². The van der Waals surface area contributed by atoms with Gasteiger partial charge >= 0.3 is 5.91 Å². The van der Waals surface area contributed by atoms with Gasteiger partial charge in [0, 0.05) is 0 Å². The smallest absolute Gasteiger partial charge is 0.192 e. The molecule has 2 aromatic heterocycles. The van der Waals surface area contributed by atoms with E-state index < -0.39 is 5.91 Å². The second kappa shape index (κ2) is 8.71. The lowest BCUT2D eigenvalue weighted by molar-refractivity contribution is -0.790. The minimum atomic E-state index is -1.01. The molecular weight excluding hydrogens is 653 g/mol. The fourth-order valence-electron chi connectivity index (χ4n) is 10.9. The van der Waals surface area contributed by atoms with Crippen molar-refractivity contribution in [2.24, 2.45) is 20.0 Å². The number of benzene rings is 4. The van der Waals surface area contributed by atoms with E-state index in [-0.39, 0.29) is 0 Å². The molecule has 1 spiro atoms. The van der Waals surface area contributed by atoms with Crippen molar-refractivity contribution < 1.29 is 9.15 Å². The molecule has 0 fully saturated rings. The van der Waals surface area contributed by atoms with Crippen molar-refractivity contribution in [3.63, 3.8) is 0 Å². The van der Waals surface area contributed by atoms with E-state index in [1.807, 2.05) is 0 Å². The van der Waals surface area contributed by atoms with E-state index in [4.69, 9.17) is 20.0 Å². The zero-order chi connectivity index (χ0) is 36.6. The van der Waals surface area contributed by atoms with Gasteiger partial charge in [-0.1, -0.05) is 44.2 Å². The highest BCUT2D eigenvalue weighted by molar-refractivity contribution is 6.22. The predicted octanol–water partition coefficient (Wildman–Crippen LogP) is 7.41. The number of aryl methyl sites for hydroxylation is 10. The number of fused-ring (bicyclic) bond motifs is 12. The Morgan fingerprint density at radius 3 is 1.49 bits per heavy atom. The van der Waals surface area contributed by atoms with Crippen molar-refractivity contribution in [1.29, 1.82) is 0 Å². The average molecular weight is 693 g/mol. The van der Waals surface area contributed by atoms with Gasteiger partial charge < -0.3 is 0 Å². The van der Waals surface area contributed by atoms with E-state index in [0.717, 1.165) is 46.0 Å². The number of hydrogen-bond acceptors (Lipinski definition) is 4. The van der Waals surface area contributed by atoms with Crippen LogP contribution in [0.4, 0.5) is 11.6 Å². The van der Waals surface area contributed by atoms with Crippen LogP contribution in [0.3, 0.4) is 0 Å². The van der Waals surface area contributed by atoms with Gasteiger partial charge in [-0.2, -0.15) is 9.13 Å². The highest BCUT2D eigenvalue weighted by Gasteiger charge is 2.70. The van der Waals surface area contributed by atoms with E-state index >= 15 is 0 Å². The quantitative estimate of drug-likeness (QED) is 0.149. The molecule has 8 nitrogen and oxygen atoms in total. The Hall–Kier alpha value is -5.76. The maximum absolute atomic E-state index is 5.79. The highest BCUT2D eigenvalue weighted by atomic mass is 15.7. The van der Waals surface area contributed by atoms with Gasteiger partial charge in [0.1, 0.15) is 0 Å². The van der Waals surface area contributed by atoms with Crippen LogP contribution >= 0.6 is 0 Å². The van der Waals surface area contributed by atoms with Crippen molar-refractivity contribution in [3.8, 4) is 0 Å². The third kappa shape index (κ3) is 2.85. The molecule has 8 heteroatoms. The van der Waals surface area contributed by atoms with Crippen molar-refractivity contribution in [2.45, 2.75) is 89.0 Å². The minimum absolute atomic E-state index is 0.943. The summed E-state index contributed by atoms with van der Waals surface area (Å²) in [6, 6.07) is 9.29. The Kier molecular flexibility index (Phi) is 4.89. The third-order valence-electron chi connectivity index (χ3n) is 13.7. The summed E-state index contributed by atoms with van der Waals surface area (Å²) in [6.07, 6.45) is 0. The Morgan fingerprint density at radius 2 is 0.849 bits per heavy atom. The molecule has 0 amide bonds. The lowest BCUT2D eigenvalue weighted by Gasteiger charge is -2.40. The summed E-state index contributed by atoms with van der Waals surface area (Å²) < 4.78 is 9.85. The highest BCUT2D eigenvalue weighted by Crippen LogP contribution is 2.55. The summed E-state index contributed by atoms with van der Waals surface area (Å²) in [5.41, 5.74) is 21.4. The van der Waals surface area contributed by atoms with Crippen LogP contribution in [0.25, 0.3) is 21.5 Å². The van der Waals surface area contributed by atoms with E-state index in [0.29, 0.717) is 0 Å². The summed E-state index contributed by atoms with van der Waals surface area (Å²) >= 11 is 0. The van der Waals surface area contributed by atoms with E-state index in [2.05, 4.69) is 126 Å². The second-order valence-electron chi connectivity index (χ2n) is 16.5. The fourth-order valence-corrected chi connectivity index (χ4v) is 10.9. The molecular formula is C45H40N8+2. The first-order valence-electron chi connectivity index (χ1n) is 18.8. The number of amidine groups is 4. The maximum Gasteiger partial charge on any atom is 0.404 e. The standard InChI is InChI=1S/C45H40N8/c1-17-13-21(5)29-33(25(17)9)41-46-38-30-22(6)14-18(2)26(10)34(30)43-48-40-32-24(8)16-20(4)28(12)36(32)44-49-39-31-23(7)15-19(3)27(11)35(31)42-47-37(29)50(41)45(51(38)43,52(39)42)53(40)44/h13-16H,1-12H3/q+2. The normalized spacial score (nSPS) is 19.0. The van der Waals surface area contributed by atoms with Gasteiger partial charge in [-0.25, -0.2) is 0 Å². The lowest BCUT2D eigenvalue weighted by atomic mass is 9.93. The molecule has 8 heterocycles. The summed E-state index contributed by atoms with van der Waals surface area (Å²) in [5.74, 6) is 4.66. The molecule has 0 aliphatic carbocycles. The van der Waals surface area contributed by atoms with Gasteiger partial charge in [0.15, 0.2) is 0 Å². The van der Waals surface area contributed by atoms with Crippen LogP contribution in [0.2, 0.25) is 0 Å². The fraction of sp³-hybridized carbons (Fsp3) is 0.289. The number of aliphatic imine (C=N–C) groups is 2. The van der Waals surface area contributed by atoms with Crippen LogP contribution in [0, 0.1) is 83.1 Å². The molecule has 0 bridgehead atoms.